The van der Waals surface area contributed by atoms with Crippen LogP contribution in [0.15, 0.2) is 76.5 Å². The van der Waals surface area contributed by atoms with Crippen molar-refractivity contribution in [1.29, 1.82) is 0 Å². The molecule has 3 aromatic rings. The maximum atomic E-state index is 13.2. The summed E-state index contributed by atoms with van der Waals surface area (Å²) in [5, 5.41) is 16.8. The molecular formula is C29H38CsNOS. The van der Waals surface area contributed by atoms with Gasteiger partial charge in [-0.3, -0.25) is 0 Å². The molecule has 1 N–H and O–H groups in total. The molecule has 3 aromatic carbocycles. The fraction of sp³-hybridized carbons (Fsp3) is 0.379. The largest absolute Gasteiger partial charge is 1.00 e. The molecule has 0 radical (unpaired) electrons. The average Bonchev–Trinajstić information content (AvgIpc) is 2.74. The Morgan fingerprint density at radius 2 is 1.36 bits per heavy atom. The van der Waals surface area contributed by atoms with Crippen LogP contribution in [0.2, 0.25) is 0 Å². The molecule has 172 valence electrons. The minimum atomic E-state index is -0.186. The molecule has 0 unspecified atom stereocenters. The van der Waals surface area contributed by atoms with Gasteiger partial charge in [-0.15, -0.1) is 5.75 Å². The first-order chi connectivity index (χ1) is 15.1. The van der Waals surface area contributed by atoms with E-state index in [2.05, 4.69) is 83.3 Å². The van der Waals surface area contributed by atoms with E-state index in [1.54, 1.807) is 11.8 Å². The van der Waals surface area contributed by atoms with Gasteiger partial charge in [0.15, 0.2) is 0 Å². The van der Waals surface area contributed by atoms with Crippen molar-refractivity contribution in [3.05, 3.63) is 83.4 Å². The van der Waals surface area contributed by atoms with Crippen LogP contribution in [0.3, 0.4) is 0 Å². The SMILES string of the molecule is CC.CC(C)(C)c1cc(CNc2ccccc2Sc2ccccc2)c([O-])c(C(C)(C)C)c1.[Cs+]. The number of nitrogens with one attached hydrogen (secondary N) is 1. The number of anilines is 1. The second-order valence-corrected chi connectivity index (χ2v) is 10.9. The van der Waals surface area contributed by atoms with Crippen LogP contribution in [0.25, 0.3) is 0 Å². The van der Waals surface area contributed by atoms with Gasteiger partial charge in [-0.25, -0.2) is 0 Å². The van der Waals surface area contributed by atoms with E-state index < -0.39 is 0 Å². The van der Waals surface area contributed by atoms with Crippen LogP contribution in [-0.4, -0.2) is 0 Å². The predicted octanol–water partition coefficient (Wildman–Crippen LogP) is 5.15. The van der Waals surface area contributed by atoms with Gasteiger partial charge in [-0.2, -0.15) is 0 Å². The molecule has 0 atom stereocenters. The normalized spacial score (nSPS) is 11.2. The molecule has 0 saturated heterocycles. The number of rotatable bonds is 5. The third-order valence-corrected chi connectivity index (χ3v) is 6.25. The van der Waals surface area contributed by atoms with Crippen molar-refractivity contribution in [3.63, 3.8) is 0 Å². The van der Waals surface area contributed by atoms with E-state index in [0.717, 1.165) is 21.7 Å². The fourth-order valence-electron chi connectivity index (χ4n) is 3.32. The maximum Gasteiger partial charge on any atom is 1.00 e. The summed E-state index contributed by atoms with van der Waals surface area (Å²) in [6.45, 7) is 17.4. The summed E-state index contributed by atoms with van der Waals surface area (Å²) >= 11 is 1.73. The van der Waals surface area contributed by atoms with E-state index >= 15 is 0 Å². The smallest absolute Gasteiger partial charge is 0.872 e. The van der Waals surface area contributed by atoms with E-state index in [1.807, 2.05) is 44.2 Å². The average molecular weight is 582 g/mol. The Bertz CT molecular complexity index is 1000. The van der Waals surface area contributed by atoms with Crippen LogP contribution in [0.5, 0.6) is 5.75 Å². The summed E-state index contributed by atoms with van der Waals surface area (Å²) in [6.07, 6.45) is 0. The molecule has 0 spiro atoms. The Hall–Kier alpha value is -0.338. The van der Waals surface area contributed by atoms with Crippen molar-refractivity contribution in [2.75, 3.05) is 5.32 Å². The quantitative estimate of drug-likeness (QED) is 0.453. The molecule has 0 aliphatic heterocycles. The zero-order valence-corrected chi connectivity index (χ0v) is 29.0. The molecule has 0 saturated carbocycles. The third kappa shape index (κ3) is 8.99. The van der Waals surface area contributed by atoms with Crippen LogP contribution in [0.4, 0.5) is 5.69 Å². The molecule has 0 bridgehead atoms. The summed E-state index contributed by atoms with van der Waals surface area (Å²) in [6, 6.07) is 22.8. The minimum Gasteiger partial charge on any atom is -0.872 e. The van der Waals surface area contributed by atoms with E-state index in [9.17, 15) is 5.11 Å². The Kier molecular flexibility index (Phi) is 12.7. The molecule has 0 fully saturated rings. The van der Waals surface area contributed by atoms with Gasteiger partial charge in [0, 0.05) is 22.0 Å². The van der Waals surface area contributed by atoms with E-state index in [1.165, 1.54) is 10.5 Å². The number of hydrogen-bond acceptors (Lipinski definition) is 3. The molecule has 2 nitrogen and oxygen atoms in total. The number of para-hydroxylation sites is 1. The Labute approximate surface area is 264 Å². The van der Waals surface area contributed by atoms with Crippen molar-refractivity contribution in [2.45, 2.75) is 82.6 Å². The maximum absolute atomic E-state index is 13.2. The zero-order chi connectivity index (χ0) is 23.9. The monoisotopic (exact) mass is 581 g/mol. The van der Waals surface area contributed by atoms with Crippen LogP contribution >= 0.6 is 11.8 Å². The molecule has 0 aliphatic rings. The Morgan fingerprint density at radius 1 is 0.788 bits per heavy atom. The standard InChI is InChI=1S/C27H33NOS.C2H6.Cs/c1-26(2,3)20-16-19(25(29)22(17-20)27(4,5)6)18-28-23-14-10-11-15-24(23)30-21-12-8-7-9-13-21;1-2;/h7-17,28-29H,18H2,1-6H3;1-2H3;/q;;+1/p-1. The van der Waals surface area contributed by atoms with Gasteiger partial charge < -0.3 is 10.4 Å². The van der Waals surface area contributed by atoms with Gasteiger partial charge in [0.25, 0.3) is 0 Å². The van der Waals surface area contributed by atoms with Gasteiger partial charge in [-0.05, 0) is 51.8 Å². The van der Waals surface area contributed by atoms with Crippen molar-refractivity contribution < 1.29 is 74.0 Å². The topological polar surface area (TPSA) is 35.1 Å². The second kappa shape index (κ2) is 13.7. The zero-order valence-electron chi connectivity index (χ0n) is 21.9. The molecule has 0 amide bonds. The van der Waals surface area contributed by atoms with E-state index in [4.69, 9.17) is 0 Å². The van der Waals surface area contributed by atoms with Crippen molar-refractivity contribution in [1.82, 2.24) is 0 Å². The fourth-order valence-corrected chi connectivity index (χ4v) is 4.26. The molecule has 3 rings (SSSR count). The van der Waals surface area contributed by atoms with Gasteiger partial charge in [-0.1, -0.05) is 110 Å². The van der Waals surface area contributed by atoms with Crippen molar-refractivity contribution in [2.24, 2.45) is 0 Å². The minimum absolute atomic E-state index is 0. The van der Waals surface area contributed by atoms with E-state index in [0.29, 0.717) is 6.54 Å². The first kappa shape index (κ1) is 30.7. The Balaban J connectivity index is 0.00000177. The summed E-state index contributed by atoms with van der Waals surface area (Å²) in [5.41, 5.74) is 3.77. The summed E-state index contributed by atoms with van der Waals surface area (Å²) < 4.78 is 0. The first-order valence-electron chi connectivity index (χ1n) is 11.5. The second-order valence-electron chi connectivity index (χ2n) is 9.78. The molecule has 4 heteroatoms. The number of hydrogen-bond donors (Lipinski definition) is 1. The number of benzene rings is 3. The molecule has 0 aliphatic carbocycles. The van der Waals surface area contributed by atoms with Gasteiger partial charge in [0.1, 0.15) is 0 Å². The molecule has 33 heavy (non-hydrogen) atoms. The predicted molar refractivity (Wildman–Crippen MR) is 139 cm³/mol. The van der Waals surface area contributed by atoms with Gasteiger partial charge in [0.05, 0.1) is 0 Å². The van der Waals surface area contributed by atoms with Crippen molar-refractivity contribution in [3.8, 4) is 5.75 Å². The molecular weight excluding hydrogens is 543 g/mol. The van der Waals surface area contributed by atoms with Crippen molar-refractivity contribution >= 4 is 17.4 Å². The van der Waals surface area contributed by atoms with Gasteiger partial charge >= 0.3 is 68.9 Å². The third-order valence-electron chi connectivity index (χ3n) is 5.17. The van der Waals surface area contributed by atoms with Crippen LogP contribution in [0, 0.1) is 0 Å². The van der Waals surface area contributed by atoms with Gasteiger partial charge in [0.2, 0.25) is 0 Å². The van der Waals surface area contributed by atoms with Crippen LogP contribution < -0.4 is 79.3 Å². The van der Waals surface area contributed by atoms with Crippen LogP contribution in [-0.2, 0) is 17.4 Å². The molecule has 0 aromatic heterocycles. The Morgan fingerprint density at radius 3 is 1.94 bits per heavy atom. The summed E-state index contributed by atoms with van der Waals surface area (Å²) in [5.74, 6) is 0.149. The van der Waals surface area contributed by atoms with Crippen LogP contribution in [0.1, 0.15) is 72.1 Å². The summed E-state index contributed by atoms with van der Waals surface area (Å²) in [4.78, 5) is 2.35. The summed E-state index contributed by atoms with van der Waals surface area (Å²) in [7, 11) is 0. The molecule has 0 heterocycles. The van der Waals surface area contributed by atoms with E-state index in [-0.39, 0.29) is 85.5 Å². The first-order valence-corrected chi connectivity index (χ1v) is 12.3.